The van der Waals surface area contributed by atoms with E-state index in [2.05, 4.69) is 15.9 Å². The molecule has 0 saturated heterocycles. The quantitative estimate of drug-likeness (QED) is 0.854. The van der Waals surface area contributed by atoms with E-state index in [4.69, 9.17) is 0 Å². The van der Waals surface area contributed by atoms with E-state index in [0.717, 1.165) is 10.0 Å². The smallest absolute Gasteiger partial charge is 0.0818 e. The molecule has 1 aliphatic rings. The van der Waals surface area contributed by atoms with Crippen molar-refractivity contribution in [2.75, 3.05) is 0 Å². The van der Waals surface area contributed by atoms with E-state index < -0.39 is 0 Å². The second-order valence-electron chi connectivity index (χ2n) is 4.04. The first-order valence-corrected chi connectivity index (χ1v) is 6.00. The van der Waals surface area contributed by atoms with Gasteiger partial charge < -0.3 is 5.11 Å². The standard InChI is InChI=1S/C12H15BrO/c13-11-7-5-10(6-8-11)12(14)9-3-1-2-4-9/h5-9,12,14H,1-4H2. The lowest BCUT2D eigenvalue weighted by Gasteiger charge is -2.17. The van der Waals surface area contributed by atoms with Crippen LogP contribution in [0.25, 0.3) is 0 Å². The Hall–Kier alpha value is -0.340. The zero-order valence-electron chi connectivity index (χ0n) is 8.12. The summed E-state index contributed by atoms with van der Waals surface area (Å²) in [7, 11) is 0. The molecule has 76 valence electrons. The molecule has 1 aliphatic carbocycles. The molecule has 2 heteroatoms. The third-order valence-corrected chi connectivity index (χ3v) is 3.59. The Morgan fingerprint density at radius 1 is 1.14 bits per heavy atom. The maximum atomic E-state index is 10.1. The van der Waals surface area contributed by atoms with Crippen molar-refractivity contribution in [3.05, 3.63) is 34.3 Å². The van der Waals surface area contributed by atoms with Crippen LogP contribution in [0.3, 0.4) is 0 Å². The van der Waals surface area contributed by atoms with E-state index in [1.807, 2.05) is 24.3 Å². The molecule has 1 fully saturated rings. The molecule has 0 radical (unpaired) electrons. The summed E-state index contributed by atoms with van der Waals surface area (Å²) >= 11 is 3.40. The van der Waals surface area contributed by atoms with Crippen molar-refractivity contribution in [2.45, 2.75) is 31.8 Å². The van der Waals surface area contributed by atoms with Crippen LogP contribution in [0, 0.1) is 5.92 Å². The van der Waals surface area contributed by atoms with Gasteiger partial charge in [-0.2, -0.15) is 0 Å². The number of rotatable bonds is 2. The average molecular weight is 255 g/mol. The molecule has 0 aliphatic heterocycles. The summed E-state index contributed by atoms with van der Waals surface area (Å²) < 4.78 is 1.07. The van der Waals surface area contributed by atoms with Gasteiger partial charge in [-0.3, -0.25) is 0 Å². The van der Waals surface area contributed by atoms with Crippen LogP contribution < -0.4 is 0 Å². The lowest BCUT2D eigenvalue weighted by atomic mass is 9.95. The minimum atomic E-state index is -0.259. The van der Waals surface area contributed by atoms with Crippen LogP contribution in [0.2, 0.25) is 0 Å². The predicted octanol–water partition coefficient (Wildman–Crippen LogP) is 3.67. The average Bonchev–Trinajstić information content (AvgIpc) is 2.71. The molecule has 1 aromatic carbocycles. The zero-order valence-corrected chi connectivity index (χ0v) is 9.70. The third-order valence-electron chi connectivity index (χ3n) is 3.06. The van der Waals surface area contributed by atoms with Gasteiger partial charge in [0, 0.05) is 4.47 Å². The van der Waals surface area contributed by atoms with Crippen molar-refractivity contribution in [2.24, 2.45) is 5.92 Å². The summed E-state index contributed by atoms with van der Waals surface area (Å²) in [6.07, 6.45) is 4.65. The molecule has 2 rings (SSSR count). The summed E-state index contributed by atoms with van der Waals surface area (Å²) in [6.45, 7) is 0. The van der Waals surface area contributed by atoms with Gasteiger partial charge in [0.15, 0.2) is 0 Å². The van der Waals surface area contributed by atoms with Crippen molar-refractivity contribution < 1.29 is 5.11 Å². The van der Waals surface area contributed by atoms with Gasteiger partial charge in [-0.1, -0.05) is 40.9 Å². The van der Waals surface area contributed by atoms with Gasteiger partial charge in [-0.25, -0.2) is 0 Å². The third kappa shape index (κ3) is 2.18. The first kappa shape index (κ1) is 10.2. The Labute approximate surface area is 93.3 Å². The Balaban J connectivity index is 2.09. The van der Waals surface area contributed by atoms with E-state index in [1.165, 1.54) is 25.7 Å². The Morgan fingerprint density at radius 2 is 1.71 bits per heavy atom. The highest BCUT2D eigenvalue weighted by atomic mass is 79.9. The topological polar surface area (TPSA) is 20.2 Å². The molecular formula is C12H15BrO. The number of halogens is 1. The molecule has 0 heterocycles. The summed E-state index contributed by atoms with van der Waals surface area (Å²) in [5, 5.41) is 10.1. The normalized spacial score (nSPS) is 19.9. The largest absolute Gasteiger partial charge is 0.388 e. The van der Waals surface area contributed by atoms with Crippen LogP contribution >= 0.6 is 15.9 Å². The SMILES string of the molecule is OC(c1ccc(Br)cc1)C1CCCC1. The number of aliphatic hydroxyl groups excluding tert-OH is 1. The fourth-order valence-electron chi connectivity index (χ4n) is 2.21. The van der Waals surface area contributed by atoms with Gasteiger partial charge in [-0.05, 0) is 36.5 Å². The lowest BCUT2D eigenvalue weighted by Crippen LogP contribution is -2.08. The zero-order chi connectivity index (χ0) is 9.97. The first-order valence-electron chi connectivity index (χ1n) is 5.21. The highest BCUT2D eigenvalue weighted by Crippen LogP contribution is 2.35. The minimum absolute atomic E-state index is 0.259. The molecule has 1 saturated carbocycles. The molecule has 14 heavy (non-hydrogen) atoms. The molecule has 1 nitrogen and oxygen atoms in total. The van der Waals surface area contributed by atoms with Crippen LogP contribution in [-0.4, -0.2) is 5.11 Å². The van der Waals surface area contributed by atoms with Crippen molar-refractivity contribution in [3.8, 4) is 0 Å². The highest BCUT2D eigenvalue weighted by molar-refractivity contribution is 9.10. The minimum Gasteiger partial charge on any atom is -0.388 e. The number of hydrogen-bond acceptors (Lipinski definition) is 1. The van der Waals surface area contributed by atoms with E-state index in [-0.39, 0.29) is 6.10 Å². The number of aliphatic hydroxyl groups is 1. The highest BCUT2D eigenvalue weighted by Gasteiger charge is 2.23. The molecule has 1 atom stereocenters. The predicted molar refractivity (Wildman–Crippen MR) is 61.1 cm³/mol. The van der Waals surface area contributed by atoms with Crippen LogP contribution in [0.1, 0.15) is 37.4 Å². The Kier molecular flexibility index (Phi) is 3.24. The van der Waals surface area contributed by atoms with Crippen LogP contribution in [0.5, 0.6) is 0 Å². The van der Waals surface area contributed by atoms with E-state index in [9.17, 15) is 5.11 Å². The van der Waals surface area contributed by atoms with Gasteiger partial charge >= 0.3 is 0 Å². The molecule has 1 N–H and O–H groups in total. The molecule has 1 unspecified atom stereocenters. The lowest BCUT2D eigenvalue weighted by molar-refractivity contribution is 0.111. The van der Waals surface area contributed by atoms with Gasteiger partial charge in [0.25, 0.3) is 0 Å². The maximum absolute atomic E-state index is 10.1. The van der Waals surface area contributed by atoms with Crippen molar-refractivity contribution in [1.82, 2.24) is 0 Å². The van der Waals surface area contributed by atoms with Crippen LogP contribution in [0.4, 0.5) is 0 Å². The van der Waals surface area contributed by atoms with Crippen LogP contribution in [0.15, 0.2) is 28.7 Å². The van der Waals surface area contributed by atoms with Crippen molar-refractivity contribution in [1.29, 1.82) is 0 Å². The number of benzene rings is 1. The summed E-state index contributed by atoms with van der Waals surface area (Å²) in [6, 6.07) is 8.00. The van der Waals surface area contributed by atoms with Crippen LogP contribution in [-0.2, 0) is 0 Å². The van der Waals surface area contributed by atoms with Gasteiger partial charge in [0.1, 0.15) is 0 Å². The molecule has 1 aromatic rings. The summed E-state index contributed by atoms with van der Waals surface area (Å²) in [5.41, 5.74) is 1.06. The maximum Gasteiger partial charge on any atom is 0.0818 e. The van der Waals surface area contributed by atoms with Gasteiger partial charge in [-0.15, -0.1) is 0 Å². The van der Waals surface area contributed by atoms with Crippen molar-refractivity contribution in [3.63, 3.8) is 0 Å². The fraction of sp³-hybridized carbons (Fsp3) is 0.500. The summed E-state index contributed by atoms with van der Waals surface area (Å²) in [4.78, 5) is 0. The Bertz CT molecular complexity index is 288. The second-order valence-corrected chi connectivity index (χ2v) is 4.96. The molecule has 0 bridgehead atoms. The van der Waals surface area contributed by atoms with E-state index >= 15 is 0 Å². The van der Waals surface area contributed by atoms with Gasteiger partial charge in [0.05, 0.1) is 6.10 Å². The monoisotopic (exact) mass is 254 g/mol. The number of hydrogen-bond donors (Lipinski definition) is 1. The molecular weight excluding hydrogens is 240 g/mol. The Morgan fingerprint density at radius 3 is 2.29 bits per heavy atom. The van der Waals surface area contributed by atoms with Crippen molar-refractivity contribution >= 4 is 15.9 Å². The molecule has 0 amide bonds. The molecule has 0 spiro atoms. The van der Waals surface area contributed by atoms with Gasteiger partial charge in [0.2, 0.25) is 0 Å². The molecule has 0 aromatic heterocycles. The van der Waals surface area contributed by atoms with E-state index in [1.54, 1.807) is 0 Å². The summed E-state index contributed by atoms with van der Waals surface area (Å²) in [5.74, 6) is 0.483. The second kappa shape index (κ2) is 4.45. The van der Waals surface area contributed by atoms with E-state index in [0.29, 0.717) is 5.92 Å². The fourth-order valence-corrected chi connectivity index (χ4v) is 2.47. The first-order chi connectivity index (χ1) is 6.77.